The van der Waals surface area contributed by atoms with Crippen molar-refractivity contribution < 1.29 is 13.2 Å². The average molecular weight is 280 g/mol. The molecule has 0 spiro atoms. The molecule has 1 aromatic rings. The smallest absolute Gasteiger partial charge is 0.367 e. The Labute approximate surface area is 108 Å². The summed E-state index contributed by atoms with van der Waals surface area (Å²) in [7, 11) is 0. The number of aromatic nitrogens is 1. The normalized spacial score (nSPS) is 20.1. The zero-order valence-corrected chi connectivity index (χ0v) is 10.3. The van der Waals surface area contributed by atoms with Crippen LogP contribution in [0, 0.1) is 0 Å². The maximum Gasteiger partial charge on any atom is 0.417 e. The first-order valence-electron chi connectivity index (χ1n) is 5.67. The number of anilines is 1. The molecule has 1 fully saturated rings. The second kappa shape index (κ2) is 5.32. The van der Waals surface area contributed by atoms with Crippen molar-refractivity contribution in [2.75, 3.05) is 18.4 Å². The molecule has 100 valence electrons. The van der Waals surface area contributed by atoms with Crippen LogP contribution in [0.1, 0.15) is 18.4 Å². The fourth-order valence-corrected chi connectivity index (χ4v) is 2.11. The van der Waals surface area contributed by atoms with Gasteiger partial charge in [0, 0.05) is 18.8 Å². The third-order valence-electron chi connectivity index (χ3n) is 2.85. The minimum absolute atomic E-state index is 0.0113. The molecule has 0 radical (unpaired) electrons. The van der Waals surface area contributed by atoms with Crippen LogP contribution >= 0.6 is 11.6 Å². The molecule has 3 nitrogen and oxygen atoms in total. The highest BCUT2D eigenvalue weighted by Crippen LogP contribution is 2.32. The summed E-state index contributed by atoms with van der Waals surface area (Å²) < 4.78 is 37.2. The van der Waals surface area contributed by atoms with Gasteiger partial charge in [0.05, 0.1) is 10.6 Å². The first-order valence-corrected chi connectivity index (χ1v) is 6.04. The van der Waals surface area contributed by atoms with E-state index < -0.39 is 11.7 Å². The summed E-state index contributed by atoms with van der Waals surface area (Å²) in [6, 6.07) is 1.21. The summed E-state index contributed by atoms with van der Waals surface area (Å²) in [6.07, 6.45) is -1.47. The molecule has 2 heterocycles. The zero-order chi connectivity index (χ0) is 13.2. The number of nitrogens with one attached hydrogen (secondary N) is 2. The molecule has 0 aromatic carbocycles. The van der Waals surface area contributed by atoms with Gasteiger partial charge in [0.1, 0.15) is 5.82 Å². The van der Waals surface area contributed by atoms with Crippen LogP contribution in [-0.4, -0.2) is 24.1 Å². The largest absolute Gasteiger partial charge is 0.417 e. The summed E-state index contributed by atoms with van der Waals surface area (Å²) in [6.45, 7) is 1.58. The van der Waals surface area contributed by atoms with E-state index in [0.717, 1.165) is 31.6 Å². The van der Waals surface area contributed by atoms with Crippen LogP contribution < -0.4 is 10.6 Å². The van der Waals surface area contributed by atoms with E-state index >= 15 is 0 Å². The second-order valence-corrected chi connectivity index (χ2v) is 4.63. The highest BCUT2D eigenvalue weighted by Gasteiger charge is 2.31. The predicted octanol–water partition coefficient (Wildman–Crippen LogP) is 2.92. The molecule has 18 heavy (non-hydrogen) atoms. The summed E-state index contributed by atoms with van der Waals surface area (Å²) >= 11 is 5.78. The Kier molecular flexibility index (Phi) is 3.97. The van der Waals surface area contributed by atoms with Crippen molar-refractivity contribution in [3.05, 3.63) is 22.8 Å². The van der Waals surface area contributed by atoms with Crippen LogP contribution in [-0.2, 0) is 6.18 Å². The molecule has 0 unspecified atom stereocenters. The van der Waals surface area contributed by atoms with Crippen LogP contribution in [0.5, 0.6) is 0 Å². The van der Waals surface area contributed by atoms with Gasteiger partial charge < -0.3 is 10.6 Å². The number of pyridine rings is 1. The van der Waals surface area contributed by atoms with Gasteiger partial charge in [-0.1, -0.05) is 11.6 Å². The van der Waals surface area contributed by atoms with E-state index in [1.54, 1.807) is 0 Å². The van der Waals surface area contributed by atoms with Crippen LogP contribution in [0.15, 0.2) is 12.3 Å². The first-order chi connectivity index (χ1) is 8.47. The molecule has 2 N–H and O–H groups in total. The summed E-state index contributed by atoms with van der Waals surface area (Å²) in [5, 5.41) is 6.22. The summed E-state index contributed by atoms with van der Waals surface area (Å²) in [4.78, 5) is 3.71. The molecule has 1 saturated heterocycles. The van der Waals surface area contributed by atoms with Crippen molar-refractivity contribution in [3.63, 3.8) is 0 Å². The Hall–Kier alpha value is -1.01. The van der Waals surface area contributed by atoms with Gasteiger partial charge in [-0.25, -0.2) is 4.98 Å². The van der Waals surface area contributed by atoms with Crippen molar-refractivity contribution in [1.29, 1.82) is 0 Å². The minimum atomic E-state index is -4.41. The lowest BCUT2D eigenvalue weighted by Crippen LogP contribution is -2.29. The van der Waals surface area contributed by atoms with Gasteiger partial charge >= 0.3 is 6.18 Å². The monoisotopic (exact) mass is 279 g/mol. The number of hydrogen-bond acceptors (Lipinski definition) is 3. The molecule has 0 amide bonds. The summed E-state index contributed by atoms with van der Waals surface area (Å²) in [5.41, 5.74) is -0.836. The van der Waals surface area contributed by atoms with Gasteiger partial charge in [-0.05, 0) is 25.5 Å². The van der Waals surface area contributed by atoms with Gasteiger partial charge in [-0.15, -0.1) is 0 Å². The fraction of sp³-hybridized carbons (Fsp3) is 0.545. The molecule has 0 bridgehead atoms. The lowest BCUT2D eigenvalue weighted by atomic mass is 10.2. The number of alkyl halides is 3. The Bertz CT molecular complexity index is 416. The molecule has 1 aliphatic heterocycles. The topological polar surface area (TPSA) is 37.0 Å². The number of nitrogens with zero attached hydrogens (tertiary/aromatic N) is 1. The lowest BCUT2D eigenvalue weighted by Gasteiger charge is -2.14. The standard InChI is InChI=1S/C11H13ClF3N3/c12-9-4-7(11(13,14)15)5-17-10(9)18-6-8-2-1-3-16-8/h4-5,8,16H,1-3,6H2,(H,17,18)/t8-/m1/s1. The van der Waals surface area contributed by atoms with E-state index in [1.165, 1.54) is 0 Å². The number of halogens is 4. The quantitative estimate of drug-likeness (QED) is 0.893. The van der Waals surface area contributed by atoms with Crippen molar-refractivity contribution in [2.45, 2.75) is 25.1 Å². The fourth-order valence-electron chi connectivity index (χ4n) is 1.87. The highest BCUT2D eigenvalue weighted by molar-refractivity contribution is 6.32. The van der Waals surface area contributed by atoms with Gasteiger partial charge in [-0.3, -0.25) is 0 Å². The number of rotatable bonds is 3. The average Bonchev–Trinajstić information content (AvgIpc) is 2.79. The minimum Gasteiger partial charge on any atom is -0.367 e. The summed E-state index contributed by atoms with van der Waals surface area (Å²) in [5.74, 6) is 0.290. The Morgan fingerprint density at radius 3 is 2.83 bits per heavy atom. The van der Waals surface area contributed by atoms with Crippen LogP contribution in [0.2, 0.25) is 5.02 Å². The SMILES string of the molecule is FC(F)(F)c1cnc(NC[C@H]2CCCN2)c(Cl)c1. The third kappa shape index (κ3) is 3.26. The molecule has 1 aromatic heterocycles. The van der Waals surface area contributed by atoms with E-state index in [-0.39, 0.29) is 5.02 Å². The van der Waals surface area contributed by atoms with E-state index in [1.807, 2.05) is 0 Å². The molecular formula is C11H13ClF3N3. The molecule has 0 saturated carbocycles. The van der Waals surface area contributed by atoms with Gasteiger partial charge in [-0.2, -0.15) is 13.2 Å². The third-order valence-corrected chi connectivity index (χ3v) is 3.13. The van der Waals surface area contributed by atoms with E-state index in [0.29, 0.717) is 18.4 Å². The van der Waals surface area contributed by atoms with E-state index in [9.17, 15) is 13.2 Å². The van der Waals surface area contributed by atoms with Crippen molar-refractivity contribution in [3.8, 4) is 0 Å². The molecule has 1 aliphatic rings. The maximum absolute atomic E-state index is 12.4. The van der Waals surface area contributed by atoms with Gasteiger partial charge in [0.25, 0.3) is 0 Å². The van der Waals surface area contributed by atoms with E-state index in [2.05, 4.69) is 15.6 Å². The van der Waals surface area contributed by atoms with Crippen molar-refractivity contribution in [2.24, 2.45) is 0 Å². The second-order valence-electron chi connectivity index (χ2n) is 4.23. The van der Waals surface area contributed by atoms with Crippen LogP contribution in [0.25, 0.3) is 0 Å². The van der Waals surface area contributed by atoms with Crippen LogP contribution in [0.4, 0.5) is 19.0 Å². The number of hydrogen-bond donors (Lipinski definition) is 2. The maximum atomic E-state index is 12.4. The zero-order valence-electron chi connectivity index (χ0n) is 9.52. The molecule has 1 atom stereocenters. The Morgan fingerprint density at radius 2 is 2.28 bits per heavy atom. The molecular weight excluding hydrogens is 267 g/mol. The van der Waals surface area contributed by atoms with E-state index in [4.69, 9.17) is 11.6 Å². The Balaban J connectivity index is 2.01. The van der Waals surface area contributed by atoms with Crippen LogP contribution in [0.3, 0.4) is 0 Å². The highest BCUT2D eigenvalue weighted by atomic mass is 35.5. The predicted molar refractivity (Wildman–Crippen MR) is 63.8 cm³/mol. The van der Waals surface area contributed by atoms with Gasteiger partial charge in [0.15, 0.2) is 0 Å². The van der Waals surface area contributed by atoms with Crippen molar-refractivity contribution >= 4 is 17.4 Å². The first kappa shape index (κ1) is 13.4. The molecule has 0 aliphatic carbocycles. The molecule has 2 rings (SSSR count). The van der Waals surface area contributed by atoms with Crippen molar-refractivity contribution in [1.82, 2.24) is 10.3 Å². The Morgan fingerprint density at radius 1 is 1.50 bits per heavy atom. The molecule has 7 heteroatoms. The van der Waals surface area contributed by atoms with Gasteiger partial charge in [0.2, 0.25) is 0 Å². The lowest BCUT2D eigenvalue weighted by molar-refractivity contribution is -0.137.